The smallest absolute Gasteiger partial charge is 0.311 e. The molecular formula is C14H10N2O3. The quantitative estimate of drug-likeness (QED) is 0.619. The maximum absolute atomic E-state index is 10.9. The molecule has 0 aromatic heterocycles. The van der Waals surface area contributed by atoms with Gasteiger partial charge in [0.05, 0.1) is 16.6 Å². The number of nitro benzene ring substituents is 1. The van der Waals surface area contributed by atoms with E-state index in [1.54, 1.807) is 37.3 Å². The van der Waals surface area contributed by atoms with Gasteiger partial charge in [0.15, 0.2) is 0 Å². The molecule has 2 rings (SSSR count). The van der Waals surface area contributed by atoms with Gasteiger partial charge in [0, 0.05) is 6.07 Å². The number of rotatable bonds is 3. The highest BCUT2D eigenvalue weighted by Gasteiger charge is 2.15. The van der Waals surface area contributed by atoms with Crippen LogP contribution in [0.4, 0.5) is 5.69 Å². The molecule has 19 heavy (non-hydrogen) atoms. The summed E-state index contributed by atoms with van der Waals surface area (Å²) >= 11 is 0. The van der Waals surface area contributed by atoms with Crippen molar-refractivity contribution < 1.29 is 9.66 Å². The lowest BCUT2D eigenvalue weighted by Gasteiger charge is -2.08. The van der Waals surface area contributed by atoms with Crippen LogP contribution in [0, 0.1) is 28.4 Å². The van der Waals surface area contributed by atoms with E-state index in [0.29, 0.717) is 11.3 Å². The molecular weight excluding hydrogens is 244 g/mol. The van der Waals surface area contributed by atoms with Gasteiger partial charge in [-0.3, -0.25) is 10.1 Å². The molecule has 0 atom stereocenters. The summed E-state index contributed by atoms with van der Waals surface area (Å²) in [5.41, 5.74) is 1.18. The molecule has 0 saturated carbocycles. The molecule has 0 N–H and O–H groups in total. The Kier molecular flexibility index (Phi) is 3.44. The minimum absolute atomic E-state index is 0.0914. The van der Waals surface area contributed by atoms with Gasteiger partial charge in [-0.2, -0.15) is 5.26 Å². The van der Waals surface area contributed by atoms with Crippen LogP contribution in [-0.4, -0.2) is 4.92 Å². The summed E-state index contributed by atoms with van der Waals surface area (Å²) < 4.78 is 5.55. The van der Waals surface area contributed by atoms with Crippen molar-refractivity contribution in [2.75, 3.05) is 0 Å². The van der Waals surface area contributed by atoms with Crippen molar-refractivity contribution >= 4 is 5.69 Å². The lowest BCUT2D eigenvalue weighted by Crippen LogP contribution is -1.94. The van der Waals surface area contributed by atoms with Crippen LogP contribution in [0.15, 0.2) is 42.5 Å². The Hall–Kier alpha value is -2.87. The van der Waals surface area contributed by atoms with E-state index in [-0.39, 0.29) is 11.4 Å². The molecule has 0 aliphatic carbocycles. The average Bonchev–Trinajstić information content (AvgIpc) is 2.41. The van der Waals surface area contributed by atoms with E-state index < -0.39 is 4.92 Å². The molecule has 0 radical (unpaired) electrons. The Morgan fingerprint density at radius 3 is 2.58 bits per heavy atom. The number of ether oxygens (including phenoxy) is 1. The summed E-state index contributed by atoms with van der Waals surface area (Å²) in [5, 5.41) is 19.7. The van der Waals surface area contributed by atoms with Gasteiger partial charge in [-0.1, -0.05) is 12.1 Å². The normalized spacial score (nSPS) is 9.68. The van der Waals surface area contributed by atoms with Crippen molar-refractivity contribution in [3.05, 3.63) is 63.7 Å². The van der Waals surface area contributed by atoms with Crippen LogP contribution in [0.2, 0.25) is 0 Å². The van der Waals surface area contributed by atoms with Crippen LogP contribution in [0.1, 0.15) is 11.1 Å². The molecule has 0 saturated heterocycles. The highest BCUT2D eigenvalue weighted by Crippen LogP contribution is 2.32. The second-order valence-corrected chi connectivity index (χ2v) is 3.92. The molecule has 0 bridgehead atoms. The molecule has 0 spiro atoms. The van der Waals surface area contributed by atoms with Gasteiger partial charge in [-0.05, 0) is 36.8 Å². The van der Waals surface area contributed by atoms with Crippen molar-refractivity contribution in [1.82, 2.24) is 0 Å². The number of benzene rings is 2. The van der Waals surface area contributed by atoms with Crippen LogP contribution >= 0.6 is 0 Å². The predicted molar refractivity (Wildman–Crippen MR) is 69.1 cm³/mol. The molecule has 0 aliphatic rings. The highest BCUT2D eigenvalue weighted by molar-refractivity contribution is 5.50. The number of nitro groups is 1. The van der Waals surface area contributed by atoms with Crippen molar-refractivity contribution in [3.63, 3.8) is 0 Å². The molecule has 0 amide bonds. The summed E-state index contributed by atoms with van der Waals surface area (Å²) in [5.74, 6) is 0.675. The van der Waals surface area contributed by atoms with Gasteiger partial charge in [0.2, 0.25) is 5.75 Å². The molecule has 0 heterocycles. The van der Waals surface area contributed by atoms with E-state index in [1.807, 2.05) is 6.07 Å². The predicted octanol–water partition coefficient (Wildman–Crippen LogP) is 3.57. The second-order valence-electron chi connectivity index (χ2n) is 3.92. The standard InChI is InChI=1S/C14H10N2O3/c1-10-8-11(9-15)6-7-13(10)19-14-5-3-2-4-12(14)16(17)18/h2-8H,1H3. The van der Waals surface area contributed by atoms with E-state index in [9.17, 15) is 10.1 Å². The van der Waals surface area contributed by atoms with E-state index >= 15 is 0 Å². The lowest BCUT2D eigenvalue weighted by atomic mass is 10.1. The molecule has 5 nitrogen and oxygen atoms in total. The fraction of sp³-hybridized carbons (Fsp3) is 0.0714. The number of hydrogen-bond donors (Lipinski definition) is 0. The van der Waals surface area contributed by atoms with E-state index in [4.69, 9.17) is 10.00 Å². The van der Waals surface area contributed by atoms with E-state index in [0.717, 1.165) is 5.56 Å². The number of aryl methyl sites for hydroxylation is 1. The largest absolute Gasteiger partial charge is 0.450 e. The third-order valence-corrected chi connectivity index (χ3v) is 2.59. The number of nitriles is 1. The van der Waals surface area contributed by atoms with Crippen molar-refractivity contribution in [2.45, 2.75) is 6.92 Å². The van der Waals surface area contributed by atoms with Gasteiger partial charge in [-0.25, -0.2) is 0 Å². The minimum Gasteiger partial charge on any atom is -0.450 e. The Bertz CT molecular complexity index is 675. The van der Waals surface area contributed by atoms with Gasteiger partial charge in [-0.15, -0.1) is 0 Å². The topological polar surface area (TPSA) is 76.2 Å². The van der Waals surface area contributed by atoms with E-state index in [2.05, 4.69) is 0 Å². The molecule has 2 aromatic rings. The van der Waals surface area contributed by atoms with E-state index in [1.165, 1.54) is 12.1 Å². The Morgan fingerprint density at radius 2 is 1.95 bits per heavy atom. The first kappa shape index (κ1) is 12.6. The molecule has 2 aromatic carbocycles. The Labute approximate surface area is 109 Å². The molecule has 94 valence electrons. The first-order valence-corrected chi connectivity index (χ1v) is 5.54. The SMILES string of the molecule is Cc1cc(C#N)ccc1Oc1ccccc1[N+](=O)[O-]. The Morgan fingerprint density at radius 1 is 1.21 bits per heavy atom. The molecule has 0 unspecified atom stereocenters. The van der Waals surface area contributed by atoms with Crippen LogP contribution < -0.4 is 4.74 Å². The maximum atomic E-state index is 10.9. The molecule has 0 fully saturated rings. The maximum Gasteiger partial charge on any atom is 0.311 e. The van der Waals surface area contributed by atoms with Gasteiger partial charge < -0.3 is 4.74 Å². The van der Waals surface area contributed by atoms with Gasteiger partial charge in [0.25, 0.3) is 0 Å². The third-order valence-electron chi connectivity index (χ3n) is 2.59. The van der Waals surface area contributed by atoms with Crippen molar-refractivity contribution in [2.24, 2.45) is 0 Å². The number of para-hydroxylation sites is 2. The lowest BCUT2D eigenvalue weighted by molar-refractivity contribution is -0.385. The first-order chi connectivity index (χ1) is 9.11. The highest BCUT2D eigenvalue weighted by atomic mass is 16.6. The number of nitrogens with zero attached hydrogens (tertiary/aromatic N) is 2. The zero-order valence-electron chi connectivity index (χ0n) is 10.2. The minimum atomic E-state index is -0.492. The zero-order chi connectivity index (χ0) is 13.8. The monoisotopic (exact) mass is 254 g/mol. The zero-order valence-corrected chi connectivity index (χ0v) is 10.2. The van der Waals surface area contributed by atoms with Gasteiger partial charge in [0.1, 0.15) is 5.75 Å². The molecule has 0 aliphatic heterocycles. The Balaban J connectivity index is 2.37. The van der Waals surface area contributed by atoms with Crippen LogP contribution in [0.5, 0.6) is 11.5 Å². The summed E-state index contributed by atoms with van der Waals surface area (Å²) in [4.78, 5) is 10.4. The average molecular weight is 254 g/mol. The summed E-state index contributed by atoms with van der Waals surface area (Å²) in [7, 11) is 0. The van der Waals surface area contributed by atoms with Gasteiger partial charge >= 0.3 is 5.69 Å². The summed E-state index contributed by atoms with van der Waals surface area (Å²) in [6.07, 6.45) is 0. The summed E-state index contributed by atoms with van der Waals surface area (Å²) in [6.45, 7) is 1.78. The molecule has 5 heteroatoms. The van der Waals surface area contributed by atoms with Crippen molar-refractivity contribution in [3.8, 4) is 17.6 Å². The fourth-order valence-electron chi connectivity index (χ4n) is 1.65. The first-order valence-electron chi connectivity index (χ1n) is 5.54. The van der Waals surface area contributed by atoms with Crippen molar-refractivity contribution in [1.29, 1.82) is 5.26 Å². The van der Waals surface area contributed by atoms with Crippen LogP contribution in [0.25, 0.3) is 0 Å². The number of hydrogen-bond acceptors (Lipinski definition) is 4. The fourth-order valence-corrected chi connectivity index (χ4v) is 1.65. The second kappa shape index (κ2) is 5.19. The van der Waals surface area contributed by atoms with Crippen LogP contribution in [0.3, 0.4) is 0 Å². The third kappa shape index (κ3) is 2.69. The summed E-state index contributed by atoms with van der Waals surface area (Å²) in [6, 6.07) is 13.1. The van der Waals surface area contributed by atoms with Crippen LogP contribution in [-0.2, 0) is 0 Å².